The topological polar surface area (TPSA) is 79.6 Å². The van der Waals surface area contributed by atoms with Gasteiger partial charge < -0.3 is 5.32 Å². The second kappa shape index (κ2) is 7.71. The van der Waals surface area contributed by atoms with Crippen LogP contribution in [0.5, 0.6) is 0 Å². The van der Waals surface area contributed by atoms with Crippen molar-refractivity contribution in [1.82, 2.24) is 5.43 Å². The highest BCUT2D eigenvalue weighted by molar-refractivity contribution is 7.80. The van der Waals surface area contributed by atoms with Crippen LogP contribution in [-0.2, 0) is 6.18 Å². The SMILES string of the molecule is O=[N+]([O-])c1ccccc1C=NNC(=S)Nc1ccccc1C(F)(F)F. The van der Waals surface area contributed by atoms with E-state index in [2.05, 4.69) is 15.8 Å². The van der Waals surface area contributed by atoms with E-state index in [-0.39, 0.29) is 22.1 Å². The van der Waals surface area contributed by atoms with Gasteiger partial charge in [-0.2, -0.15) is 18.3 Å². The van der Waals surface area contributed by atoms with Crippen LogP contribution in [0.25, 0.3) is 0 Å². The molecule has 0 radical (unpaired) electrons. The van der Waals surface area contributed by atoms with Gasteiger partial charge in [-0.25, -0.2) is 0 Å². The smallest absolute Gasteiger partial charge is 0.331 e. The van der Waals surface area contributed by atoms with E-state index in [1.54, 1.807) is 6.07 Å². The number of nitro groups is 1. The van der Waals surface area contributed by atoms with Gasteiger partial charge in [0.2, 0.25) is 0 Å². The van der Waals surface area contributed by atoms with Gasteiger partial charge in [-0.15, -0.1) is 0 Å². The first-order valence-electron chi connectivity index (χ1n) is 6.79. The summed E-state index contributed by atoms with van der Waals surface area (Å²) in [6.07, 6.45) is -3.38. The number of nitro benzene ring substituents is 1. The van der Waals surface area contributed by atoms with Gasteiger partial charge in [0.05, 0.1) is 28.0 Å². The zero-order chi connectivity index (χ0) is 18.4. The second-order valence-electron chi connectivity index (χ2n) is 4.68. The van der Waals surface area contributed by atoms with E-state index >= 15 is 0 Å². The van der Waals surface area contributed by atoms with Crippen LogP contribution in [0.1, 0.15) is 11.1 Å². The van der Waals surface area contributed by atoms with Gasteiger partial charge in [0, 0.05) is 6.07 Å². The van der Waals surface area contributed by atoms with E-state index in [4.69, 9.17) is 12.2 Å². The molecule has 130 valence electrons. The Morgan fingerprint density at radius 1 is 1.16 bits per heavy atom. The van der Waals surface area contributed by atoms with E-state index in [9.17, 15) is 23.3 Å². The standard InChI is InChI=1S/C15H11F3N4O2S/c16-15(17,18)11-6-2-3-7-12(11)20-14(25)21-19-9-10-5-1-4-8-13(10)22(23)24/h1-9H,(H2,20,21,25). The largest absolute Gasteiger partial charge is 0.418 e. The molecule has 0 aromatic heterocycles. The van der Waals surface area contributed by atoms with Crippen molar-refractivity contribution in [3.8, 4) is 0 Å². The van der Waals surface area contributed by atoms with Gasteiger partial charge in [0.25, 0.3) is 5.69 Å². The Kier molecular flexibility index (Phi) is 5.65. The van der Waals surface area contributed by atoms with Crippen molar-refractivity contribution in [2.75, 3.05) is 5.32 Å². The van der Waals surface area contributed by atoms with Crippen molar-refractivity contribution in [2.45, 2.75) is 6.18 Å². The lowest BCUT2D eigenvalue weighted by molar-refractivity contribution is -0.385. The average Bonchev–Trinajstić information content (AvgIpc) is 2.54. The Balaban J connectivity index is 2.07. The van der Waals surface area contributed by atoms with Crippen LogP contribution in [0.4, 0.5) is 24.5 Å². The number of nitrogens with zero attached hydrogens (tertiary/aromatic N) is 2. The van der Waals surface area contributed by atoms with E-state index in [0.717, 1.165) is 12.3 Å². The highest BCUT2D eigenvalue weighted by Crippen LogP contribution is 2.34. The Hall–Kier alpha value is -3.01. The number of benzene rings is 2. The van der Waals surface area contributed by atoms with Crippen LogP contribution in [0, 0.1) is 10.1 Å². The number of nitrogens with one attached hydrogen (secondary N) is 2. The van der Waals surface area contributed by atoms with Crippen molar-refractivity contribution in [3.05, 3.63) is 69.8 Å². The van der Waals surface area contributed by atoms with Gasteiger partial charge >= 0.3 is 6.18 Å². The summed E-state index contributed by atoms with van der Waals surface area (Å²) in [5.41, 5.74) is 1.29. The molecule has 10 heteroatoms. The normalized spacial score (nSPS) is 11.3. The molecule has 6 nitrogen and oxygen atoms in total. The molecule has 0 amide bonds. The molecule has 0 saturated heterocycles. The number of thiocarbonyl (C=S) groups is 1. The highest BCUT2D eigenvalue weighted by Gasteiger charge is 2.33. The number of anilines is 1. The molecular formula is C15H11F3N4O2S. The minimum Gasteiger partial charge on any atom is -0.331 e. The summed E-state index contributed by atoms with van der Waals surface area (Å²) < 4.78 is 38.7. The minimum absolute atomic E-state index is 0.158. The molecular weight excluding hydrogens is 357 g/mol. The Morgan fingerprint density at radius 2 is 1.80 bits per heavy atom. The van der Waals surface area contributed by atoms with Crippen LogP contribution in [-0.4, -0.2) is 16.3 Å². The first kappa shape index (κ1) is 18.3. The maximum Gasteiger partial charge on any atom is 0.418 e. The molecule has 0 heterocycles. The second-order valence-corrected chi connectivity index (χ2v) is 5.09. The number of halogens is 3. The highest BCUT2D eigenvalue weighted by atomic mass is 32.1. The van der Waals surface area contributed by atoms with Gasteiger partial charge in [0.1, 0.15) is 0 Å². The first-order chi connectivity index (χ1) is 11.8. The van der Waals surface area contributed by atoms with Crippen LogP contribution in [0.2, 0.25) is 0 Å². The Bertz CT molecular complexity index is 824. The van der Waals surface area contributed by atoms with Gasteiger partial charge in [-0.05, 0) is 30.4 Å². The van der Waals surface area contributed by atoms with Crippen LogP contribution >= 0.6 is 12.2 Å². The number of hydrogen-bond donors (Lipinski definition) is 2. The third kappa shape index (κ3) is 4.98. The molecule has 0 aliphatic heterocycles. The quantitative estimate of drug-likeness (QED) is 0.370. The molecule has 0 bridgehead atoms. The molecule has 0 fully saturated rings. The van der Waals surface area contributed by atoms with Crippen LogP contribution in [0.3, 0.4) is 0 Å². The lowest BCUT2D eigenvalue weighted by atomic mass is 10.2. The van der Waals surface area contributed by atoms with Crippen molar-refractivity contribution in [2.24, 2.45) is 5.10 Å². The number of para-hydroxylation sites is 2. The summed E-state index contributed by atoms with van der Waals surface area (Å²) in [4.78, 5) is 10.3. The number of alkyl halides is 3. The zero-order valence-electron chi connectivity index (χ0n) is 12.4. The third-order valence-electron chi connectivity index (χ3n) is 2.98. The molecule has 0 atom stereocenters. The summed E-state index contributed by atoms with van der Waals surface area (Å²) >= 11 is 4.88. The zero-order valence-corrected chi connectivity index (χ0v) is 13.3. The minimum atomic E-state index is -4.53. The predicted molar refractivity (Wildman–Crippen MR) is 91.5 cm³/mol. The molecule has 2 N–H and O–H groups in total. The van der Waals surface area contributed by atoms with Crippen molar-refractivity contribution in [3.63, 3.8) is 0 Å². The summed E-state index contributed by atoms with van der Waals surface area (Å²) in [6.45, 7) is 0. The summed E-state index contributed by atoms with van der Waals surface area (Å²) in [5.74, 6) is 0. The Morgan fingerprint density at radius 3 is 2.48 bits per heavy atom. The fourth-order valence-electron chi connectivity index (χ4n) is 1.91. The molecule has 2 aromatic carbocycles. The molecule has 2 rings (SSSR count). The van der Waals surface area contributed by atoms with Gasteiger partial charge in [-0.3, -0.25) is 15.5 Å². The lowest BCUT2D eigenvalue weighted by Crippen LogP contribution is -2.25. The third-order valence-corrected chi connectivity index (χ3v) is 3.18. The Labute approximate surface area is 145 Å². The molecule has 25 heavy (non-hydrogen) atoms. The number of rotatable bonds is 4. The molecule has 2 aromatic rings. The molecule has 0 aliphatic rings. The average molecular weight is 368 g/mol. The number of hydrazone groups is 1. The molecule has 0 saturated carbocycles. The molecule has 0 aliphatic carbocycles. The fraction of sp³-hybridized carbons (Fsp3) is 0.0667. The van der Waals surface area contributed by atoms with E-state index < -0.39 is 16.7 Å². The fourth-order valence-corrected chi connectivity index (χ4v) is 2.08. The summed E-state index contributed by atoms with van der Waals surface area (Å²) in [5, 5.41) is 16.8. The molecule has 0 unspecified atom stereocenters. The summed E-state index contributed by atoms with van der Waals surface area (Å²) in [6, 6.07) is 10.7. The lowest BCUT2D eigenvalue weighted by Gasteiger charge is -2.14. The van der Waals surface area contributed by atoms with Crippen LogP contribution in [0.15, 0.2) is 53.6 Å². The van der Waals surface area contributed by atoms with E-state index in [1.807, 2.05) is 0 Å². The van der Waals surface area contributed by atoms with E-state index in [0.29, 0.717) is 0 Å². The van der Waals surface area contributed by atoms with Crippen molar-refractivity contribution < 1.29 is 18.1 Å². The van der Waals surface area contributed by atoms with Gasteiger partial charge in [-0.1, -0.05) is 24.3 Å². The monoisotopic (exact) mass is 368 g/mol. The first-order valence-corrected chi connectivity index (χ1v) is 7.19. The van der Waals surface area contributed by atoms with E-state index in [1.165, 1.54) is 36.4 Å². The maximum absolute atomic E-state index is 12.9. The van der Waals surface area contributed by atoms with Crippen LogP contribution < -0.4 is 10.7 Å². The van der Waals surface area contributed by atoms with Crippen molar-refractivity contribution in [1.29, 1.82) is 0 Å². The summed E-state index contributed by atoms with van der Waals surface area (Å²) in [7, 11) is 0. The maximum atomic E-state index is 12.9. The van der Waals surface area contributed by atoms with Gasteiger partial charge in [0.15, 0.2) is 5.11 Å². The number of hydrogen-bond acceptors (Lipinski definition) is 4. The predicted octanol–water partition coefficient (Wildman–Crippen LogP) is 3.93. The van der Waals surface area contributed by atoms with Crippen molar-refractivity contribution >= 4 is 34.9 Å². The molecule has 0 spiro atoms.